The quantitative estimate of drug-likeness (QED) is 0.460. The van der Waals surface area contributed by atoms with Crippen LogP contribution >= 0.6 is 0 Å². The predicted octanol–water partition coefficient (Wildman–Crippen LogP) is 2.76. The van der Waals surface area contributed by atoms with Crippen molar-refractivity contribution in [3.05, 3.63) is 43.9 Å². The third-order valence-electron chi connectivity index (χ3n) is 2.12. The van der Waals surface area contributed by atoms with Gasteiger partial charge in [-0.05, 0) is 0 Å². The number of hydrogen-bond donors (Lipinski definition) is 0. The summed E-state index contributed by atoms with van der Waals surface area (Å²) in [6, 6.07) is 4.91. The summed E-state index contributed by atoms with van der Waals surface area (Å²) in [6.45, 7) is 0. The minimum atomic E-state index is -3.49. The zero-order valence-electron chi connectivity index (χ0n) is 10.5. The first-order valence-electron chi connectivity index (χ1n) is 5.31. The monoisotopic (exact) mass is 377 g/mol. The molecule has 7 heteroatoms. The van der Waals surface area contributed by atoms with Crippen molar-refractivity contribution in [1.29, 1.82) is 0 Å². The van der Waals surface area contributed by atoms with E-state index in [1.807, 2.05) is 0 Å². The van der Waals surface area contributed by atoms with Crippen molar-refractivity contribution in [2.24, 2.45) is 0 Å². The summed E-state index contributed by atoms with van der Waals surface area (Å²) < 4.78 is 25.7. The molecular weight excluding hydrogens is 361 g/mol. The number of nitrogens with zero attached hydrogens (tertiary/aromatic N) is 1. The van der Waals surface area contributed by atoms with Gasteiger partial charge in [0.05, 0.1) is 0 Å². The fourth-order valence-electron chi connectivity index (χ4n) is 1.13. The molecule has 1 aromatic carbocycles. The van der Waals surface area contributed by atoms with Crippen molar-refractivity contribution in [3.63, 3.8) is 0 Å². The van der Waals surface area contributed by atoms with E-state index in [2.05, 4.69) is 14.8 Å². The topological polar surface area (TPSA) is 77.3 Å². The molecule has 0 aliphatic carbocycles. The zero-order chi connectivity index (χ0) is 14.0. The van der Waals surface area contributed by atoms with Crippen LogP contribution in [-0.2, 0) is 9.84 Å². The van der Waals surface area contributed by atoms with Crippen LogP contribution in [0.1, 0.15) is 0 Å². The minimum absolute atomic E-state index is 0.0832. The maximum absolute atomic E-state index is 11.9. The summed E-state index contributed by atoms with van der Waals surface area (Å²) in [5.41, 5.74) is -0.118. The molecule has 98 valence electrons. The first-order chi connectivity index (χ1) is 8.12. The van der Waals surface area contributed by atoms with Gasteiger partial charge in [0.25, 0.3) is 0 Å². The molecular formula is C11H15NO4SSn. The van der Waals surface area contributed by atoms with Crippen LogP contribution < -0.4 is 0 Å². The van der Waals surface area contributed by atoms with Gasteiger partial charge in [0.15, 0.2) is 0 Å². The Balaban J connectivity index is 3.07. The van der Waals surface area contributed by atoms with Gasteiger partial charge in [-0.15, -0.1) is 0 Å². The Morgan fingerprint density at radius 2 is 1.67 bits per heavy atom. The molecule has 0 heterocycles. The summed E-state index contributed by atoms with van der Waals surface area (Å²) in [5.74, 6) is 0. The zero-order valence-corrected chi connectivity index (χ0v) is 14.1. The van der Waals surface area contributed by atoms with Crippen molar-refractivity contribution in [2.45, 2.75) is 19.7 Å². The van der Waals surface area contributed by atoms with Crippen LogP contribution in [0.2, 0.25) is 14.8 Å². The Morgan fingerprint density at radius 1 is 1.17 bits per heavy atom. The van der Waals surface area contributed by atoms with E-state index in [0.29, 0.717) is 0 Å². The fraction of sp³-hybridized carbons (Fsp3) is 0.273. The van der Waals surface area contributed by atoms with E-state index in [9.17, 15) is 18.5 Å². The van der Waals surface area contributed by atoms with Crippen LogP contribution in [0.25, 0.3) is 0 Å². The molecule has 0 saturated heterocycles. The molecule has 0 atom stereocenters. The van der Waals surface area contributed by atoms with Gasteiger partial charge in [-0.3, -0.25) is 0 Å². The molecule has 0 aromatic heterocycles. The molecule has 1 aromatic rings. The Bertz CT molecular complexity index is 570. The van der Waals surface area contributed by atoms with Crippen LogP contribution in [-0.4, -0.2) is 31.7 Å². The Hall–Kier alpha value is -0.891. The molecule has 18 heavy (non-hydrogen) atoms. The Kier molecular flexibility index (Phi) is 4.55. The van der Waals surface area contributed by atoms with E-state index in [4.69, 9.17) is 0 Å². The molecule has 0 saturated carbocycles. The van der Waals surface area contributed by atoms with Crippen LogP contribution in [0.15, 0.2) is 38.7 Å². The van der Waals surface area contributed by atoms with E-state index in [-0.39, 0.29) is 10.6 Å². The molecule has 0 spiro atoms. The van der Waals surface area contributed by atoms with E-state index >= 15 is 0 Å². The van der Waals surface area contributed by atoms with Crippen LogP contribution in [0.5, 0.6) is 0 Å². The summed E-state index contributed by atoms with van der Waals surface area (Å²) in [7, 11) is -3.49. The SMILES string of the molecule is [CH3][Sn]([CH3])([CH3])/[CH]=C/S(=O)(=O)c1ccc([N+](=O)[O-])cc1. The van der Waals surface area contributed by atoms with Gasteiger partial charge in [-0.25, -0.2) is 0 Å². The summed E-state index contributed by atoms with van der Waals surface area (Å²) >= 11 is -2.29. The van der Waals surface area contributed by atoms with Gasteiger partial charge in [-0.1, -0.05) is 0 Å². The Labute approximate surface area is 110 Å². The van der Waals surface area contributed by atoms with Gasteiger partial charge in [0, 0.05) is 0 Å². The second-order valence-corrected chi connectivity index (χ2v) is 21.3. The van der Waals surface area contributed by atoms with Gasteiger partial charge in [-0.2, -0.15) is 0 Å². The number of nitro benzene ring substituents is 1. The molecule has 1 rings (SSSR count). The Morgan fingerprint density at radius 3 is 2.06 bits per heavy atom. The molecule has 0 unspecified atom stereocenters. The first-order valence-corrected chi connectivity index (χ1v) is 17.1. The van der Waals surface area contributed by atoms with Crippen molar-refractivity contribution >= 4 is 33.9 Å². The number of rotatable bonds is 4. The molecule has 0 bridgehead atoms. The van der Waals surface area contributed by atoms with E-state index in [1.165, 1.54) is 29.7 Å². The number of non-ortho nitro benzene ring substituents is 1. The van der Waals surface area contributed by atoms with Gasteiger partial charge >= 0.3 is 111 Å². The number of sulfone groups is 1. The predicted molar refractivity (Wildman–Crippen MR) is 72.8 cm³/mol. The van der Waals surface area contributed by atoms with Gasteiger partial charge in [0.1, 0.15) is 0 Å². The number of benzene rings is 1. The average Bonchev–Trinajstić information content (AvgIpc) is 2.26. The first kappa shape index (κ1) is 15.2. The summed E-state index contributed by atoms with van der Waals surface area (Å²) in [5, 5.41) is 11.7. The standard InChI is InChI=1S/C8H6NO4S.3CH3.Sn/c1-2-14(12,13)8-5-3-7(4-6-8)9(10)11;;;;/h1-6H;3*1H3;. The molecule has 5 nitrogen and oxygen atoms in total. The van der Waals surface area contributed by atoms with Crippen molar-refractivity contribution in [3.8, 4) is 0 Å². The third kappa shape index (κ3) is 4.41. The summed E-state index contributed by atoms with van der Waals surface area (Å²) in [6.07, 6.45) is 0. The average molecular weight is 376 g/mol. The third-order valence-corrected chi connectivity index (χ3v) is 7.57. The van der Waals surface area contributed by atoms with Crippen molar-refractivity contribution in [2.75, 3.05) is 0 Å². The molecule has 0 radical (unpaired) electrons. The van der Waals surface area contributed by atoms with E-state index < -0.39 is 33.1 Å². The molecule has 0 aliphatic rings. The fourth-order valence-corrected chi connectivity index (χ4v) is 7.42. The van der Waals surface area contributed by atoms with Crippen LogP contribution in [0.3, 0.4) is 0 Å². The molecule has 0 aliphatic heterocycles. The maximum atomic E-state index is 11.9. The van der Waals surface area contributed by atoms with Crippen molar-refractivity contribution < 1.29 is 13.3 Å². The number of nitro groups is 1. The van der Waals surface area contributed by atoms with E-state index in [0.717, 1.165) is 0 Å². The van der Waals surface area contributed by atoms with Crippen LogP contribution in [0.4, 0.5) is 5.69 Å². The van der Waals surface area contributed by atoms with Gasteiger partial charge < -0.3 is 0 Å². The second kappa shape index (κ2) is 5.39. The molecule has 0 amide bonds. The van der Waals surface area contributed by atoms with Crippen molar-refractivity contribution in [1.82, 2.24) is 0 Å². The van der Waals surface area contributed by atoms with E-state index in [1.54, 1.807) is 4.09 Å². The molecule has 0 N–H and O–H groups in total. The normalized spacial score (nSPS) is 12.8. The van der Waals surface area contributed by atoms with Gasteiger partial charge in [0.2, 0.25) is 0 Å². The number of hydrogen-bond acceptors (Lipinski definition) is 4. The summed E-state index contributed by atoms with van der Waals surface area (Å²) in [4.78, 5) is 16.3. The van der Waals surface area contributed by atoms with Crippen LogP contribution in [0, 0.1) is 10.1 Å². The molecule has 0 fully saturated rings. The second-order valence-electron chi connectivity index (χ2n) is 4.96.